The van der Waals surface area contributed by atoms with Gasteiger partial charge in [0.25, 0.3) is 5.91 Å². The Morgan fingerprint density at radius 1 is 0.450 bits per heavy atom. The van der Waals surface area contributed by atoms with Gasteiger partial charge in [-0.15, -0.1) is 0 Å². The smallest absolute Gasteiger partial charge is 0.251 e. The van der Waals surface area contributed by atoms with Crippen LogP contribution in [0.4, 0.5) is 17.1 Å². The molecular weight excluding hydrogens is 1390 g/mol. The fourth-order valence-corrected chi connectivity index (χ4v) is 14.8. The van der Waals surface area contributed by atoms with Crippen molar-refractivity contribution in [2.75, 3.05) is 42.6 Å². The molecule has 6 N–H and O–H groups in total. The second-order valence-corrected chi connectivity index (χ2v) is 29.3. The van der Waals surface area contributed by atoms with Crippen LogP contribution in [-0.4, -0.2) is 78.6 Å². The molecule has 10 aromatic carbocycles. The Morgan fingerprint density at radius 3 is 1.07 bits per heavy atom. The average Bonchev–Trinajstić information content (AvgIpc) is 1.39. The van der Waals surface area contributed by atoms with Crippen molar-refractivity contribution in [2.24, 2.45) is 22.7 Å². The van der Waals surface area contributed by atoms with Crippen LogP contribution in [0.3, 0.4) is 0 Å². The van der Waals surface area contributed by atoms with Gasteiger partial charge in [-0.05, 0) is 207 Å². The highest BCUT2D eigenvalue weighted by molar-refractivity contribution is 6.05. The standard InChI is InChI=1S/C34H34N2O4.C31H35N3O3.C29H32N2O3/c1-23-8-12-27(13-9-23)33(38)35-22-24-10-16-28(17-11-24)36-32(26-14-18-29(40-2)19-15-26)30(34(36)39)20-21-31(37)25-6-4-3-5-7-25;1-31(21-33-31)18-19-32-20-22-8-12-25(13-9-22)34-29(24-10-14-26(37-2)15-11-24)27(30(34)36)16-17-28(35)23-6-4-3-5-7-23;1-20(2)30-19-21-9-13-24(14-10-21)31-28(23-11-15-25(34-3)16-12-23)26(29(31)33)17-18-27(32)22-7-5-4-6-8-22/h3-19,30-32,37H,20-22H2,1-2H3,(H,35,38);3-15,21,27-29,32,35H,16-20H2,1-2H3;4-16,26-28,30,32H,1,17-19H2,2-3H3. The van der Waals surface area contributed by atoms with Crippen molar-refractivity contribution in [3.8, 4) is 17.2 Å². The van der Waals surface area contributed by atoms with Crippen LogP contribution >= 0.6 is 0 Å². The Labute approximate surface area is 652 Å². The topological polar surface area (TPSA) is 215 Å². The maximum atomic E-state index is 13.5. The van der Waals surface area contributed by atoms with Gasteiger partial charge in [0.1, 0.15) is 17.2 Å². The molecule has 10 atom stereocenters. The molecule has 0 radical (unpaired) electrons. The summed E-state index contributed by atoms with van der Waals surface area (Å²) in [5, 5.41) is 41.7. The SMILES string of the molecule is C=C(C)NCc1ccc(N2C(=O)C(CCC(O)c3ccccc3)C2c2ccc(OC)cc2)cc1.COc1ccc(C2C(CCC(O)c3ccccc3)C(=O)N2c2ccc(CNC(=O)c3ccc(C)cc3)cc2)cc1.COc1ccc(C2C(CCC(O)c3ccccc3)C(=O)N2c2ccc(CNCCC3(C)C=N3)cc2)cc1. The van der Waals surface area contributed by atoms with Crippen molar-refractivity contribution in [1.82, 2.24) is 16.0 Å². The Morgan fingerprint density at radius 2 is 0.766 bits per heavy atom. The highest BCUT2D eigenvalue weighted by Gasteiger charge is 2.51. The predicted molar refractivity (Wildman–Crippen MR) is 439 cm³/mol. The number of methoxy groups -OCH3 is 3. The first kappa shape index (κ1) is 79.1. The molecule has 10 unspecified atom stereocenters. The van der Waals surface area contributed by atoms with E-state index < -0.39 is 18.3 Å². The zero-order chi connectivity index (χ0) is 78.0. The third kappa shape index (κ3) is 19.9. The molecule has 4 amide bonds. The lowest BCUT2D eigenvalue weighted by atomic mass is 9.78. The molecule has 0 spiro atoms. The molecule has 0 bridgehead atoms. The van der Waals surface area contributed by atoms with Gasteiger partial charge in [0.05, 0.1) is 81.1 Å². The van der Waals surface area contributed by atoms with Gasteiger partial charge < -0.3 is 60.2 Å². The van der Waals surface area contributed by atoms with Gasteiger partial charge in [0.2, 0.25) is 17.7 Å². The summed E-state index contributed by atoms with van der Waals surface area (Å²) in [5.41, 5.74) is 14.3. The van der Waals surface area contributed by atoms with E-state index in [2.05, 4.69) is 46.6 Å². The minimum Gasteiger partial charge on any atom is -0.497 e. The molecule has 4 aliphatic heterocycles. The van der Waals surface area contributed by atoms with Gasteiger partial charge in [-0.2, -0.15) is 0 Å². The van der Waals surface area contributed by atoms with Crippen molar-refractivity contribution >= 4 is 46.9 Å². The molecule has 111 heavy (non-hydrogen) atoms. The van der Waals surface area contributed by atoms with E-state index in [1.165, 1.54) is 5.56 Å². The Kier molecular flexibility index (Phi) is 26.6. The fourth-order valence-electron chi connectivity index (χ4n) is 14.8. The summed E-state index contributed by atoms with van der Waals surface area (Å²) in [6, 6.07) is 83.7. The summed E-state index contributed by atoms with van der Waals surface area (Å²) < 4.78 is 16.0. The Balaban J connectivity index is 0.000000155. The van der Waals surface area contributed by atoms with Gasteiger partial charge in [0.15, 0.2) is 0 Å². The van der Waals surface area contributed by atoms with Crippen molar-refractivity contribution in [3.05, 3.63) is 334 Å². The average molecular weight is 1490 g/mol. The van der Waals surface area contributed by atoms with Gasteiger partial charge in [0, 0.05) is 54.2 Å². The predicted octanol–water partition coefficient (Wildman–Crippen LogP) is 16.9. The maximum absolute atomic E-state index is 13.5. The number of aliphatic hydroxyl groups excluding tert-OH is 3. The zero-order valence-electron chi connectivity index (χ0n) is 64.1. The van der Waals surface area contributed by atoms with E-state index in [1.54, 1.807) is 21.3 Å². The number of hydrogen-bond donors (Lipinski definition) is 6. The van der Waals surface area contributed by atoms with E-state index in [9.17, 15) is 34.5 Å². The Bertz CT molecular complexity index is 4720. The highest BCUT2D eigenvalue weighted by Crippen LogP contribution is 2.50. The van der Waals surface area contributed by atoms with Crippen molar-refractivity contribution < 1.29 is 48.7 Å². The van der Waals surface area contributed by atoms with E-state index in [0.29, 0.717) is 57.2 Å². The molecule has 10 aromatic rings. The minimum atomic E-state index is -0.617. The number of rotatable bonds is 32. The number of allylic oxidation sites excluding steroid dienone is 1. The first-order valence-corrected chi connectivity index (χ1v) is 38.3. The number of ether oxygens (including phenoxy) is 3. The lowest BCUT2D eigenvalue weighted by molar-refractivity contribution is -0.131. The highest BCUT2D eigenvalue weighted by atomic mass is 16.5. The molecule has 17 nitrogen and oxygen atoms in total. The maximum Gasteiger partial charge on any atom is 0.251 e. The van der Waals surface area contributed by atoms with Gasteiger partial charge in [-0.1, -0.05) is 188 Å². The first-order chi connectivity index (χ1) is 53.9. The second kappa shape index (κ2) is 37.3. The molecule has 572 valence electrons. The first-order valence-electron chi connectivity index (χ1n) is 38.3. The van der Waals surface area contributed by atoms with Crippen LogP contribution < -0.4 is 44.9 Å². The molecule has 0 saturated carbocycles. The largest absolute Gasteiger partial charge is 0.497 e. The van der Waals surface area contributed by atoms with Crippen LogP contribution in [0.25, 0.3) is 0 Å². The number of β-lactam (4-membered cyclic amide) rings is 3. The molecular formula is C94H101N7O10. The van der Waals surface area contributed by atoms with Crippen LogP contribution in [0.15, 0.2) is 278 Å². The molecule has 14 rings (SSSR count). The number of aliphatic hydroxyl groups is 3. The zero-order valence-corrected chi connectivity index (χ0v) is 64.1. The molecule has 3 saturated heterocycles. The Hall–Kier alpha value is -11.5. The van der Waals surface area contributed by atoms with E-state index in [-0.39, 0.29) is 65.0 Å². The summed E-state index contributed by atoms with van der Waals surface area (Å²) in [7, 11) is 4.93. The molecule has 4 aliphatic rings. The van der Waals surface area contributed by atoms with Crippen LogP contribution in [0.5, 0.6) is 17.2 Å². The van der Waals surface area contributed by atoms with Crippen molar-refractivity contribution in [1.29, 1.82) is 0 Å². The van der Waals surface area contributed by atoms with Crippen LogP contribution in [0.1, 0.15) is 161 Å². The summed E-state index contributed by atoms with van der Waals surface area (Å²) in [4.78, 5) is 62.6. The number of benzene rings is 10. The van der Waals surface area contributed by atoms with Gasteiger partial charge in [-0.3, -0.25) is 24.2 Å². The van der Waals surface area contributed by atoms with E-state index in [0.717, 1.165) is 110 Å². The third-order valence-electron chi connectivity index (χ3n) is 21.5. The van der Waals surface area contributed by atoms with Crippen LogP contribution in [0.2, 0.25) is 0 Å². The number of nitrogens with one attached hydrogen (secondary N) is 3. The fraction of sp³-hybridized carbons (Fsp3) is 0.287. The van der Waals surface area contributed by atoms with Crippen LogP contribution in [-0.2, 0) is 34.0 Å². The summed E-state index contributed by atoms with van der Waals surface area (Å²) >= 11 is 0. The summed E-state index contributed by atoms with van der Waals surface area (Å²) in [6.45, 7) is 12.7. The van der Waals surface area contributed by atoms with Gasteiger partial charge >= 0.3 is 0 Å². The van der Waals surface area contributed by atoms with E-state index >= 15 is 0 Å². The number of aryl methyl sites for hydroxylation is 1. The van der Waals surface area contributed by atoms with Crippen LogP contribution in [0, 0.1) is 24.7 Å². The quantitative estimate of drug-likeness (QED) is 0.0172. The molecule has 0 aliphatic carbocycles. The second-order valence-electron chi connectivity index (χ2n) is 29.3. The van der Waals surface area contributed by atoms with Gasteiger partial charge in [-0.25, -0.2) is 0 Å². The molecule has 4 heterocycles. The molecule has 17 heteroatoms. The van der Waals surface area contributed by atoms with E-state index in [1.807, 2.05) is 283 Å². The third-order valence-corrected chi connectivity index (χ3v) is 21.5. The van der Waals surface area contributed by atoms with Crippen molar-refractivity contribution in [2.45, 2.75) is 127 Å². The number of aliphatic imine (C=N–C) groups is 1. The normalized spacial score (nSPS) is 19.4. The van der Waals surface area contributed by atoms with Crippen molar-refractivity contribution in [3.63, 3.8) is 0 Å². The number of anilines is 3. The molecule has 3 fully saturated rings. The van der Waals surface area contributed by atoms with E-state index in [4.69, 9.17) is 14.2 Å². The monoisotopic (exact) mass is 1490 g/mol. The summed E-state index contributed by atoms with van der Waals surface area (Å²) in [5.74, 6) is 1.84. The number of nitrogens with zero attached hydrogens (tertiary/aromatic N) is 4. The lowest BCUT2D eigenvalue weighted by Crippen LogP contribution is -2.55. The number of carbonyl (C=O) groups excluding carboxylic acids is 4. The number of hydrogen-bond acceptors (Lipinski definition) is 13. The minimum absolute atomic E-state index is 0.0431. The number of amides is 4. The summed E-state index contributed by atoms with van der Waals surface area (Å²) in [6.07, 6.45) is 4.61. The molecule has 0 aromatic heterocycles. The lowest BCUT2D eigenvalue weighted by Gasteiger charge is -2.48. The number of carbonyl (C=O) groups is 4.